The number of benzene rings is 4. The smallest absolute Gasteiger partial charge is 0.429 e. The normalized spacial score (nSPS) is 11.6. The quantitative estimate of drug-likeness (QED) is 0.193. The van der Waals surface area contributed by atoms with E-state index in [9.17, 15) is 39.5 Å². The highest BCUT2D eigenvalue weighted by atomic mass is 19.3. The van der Waals surface area contributed by atoms with Crippen LogP contribution < -0.4 is 4.74 Å². The van der Waals surface area contributed by atoms with E-state index in [1.54, 1.807) is 24.3 Å². The molecule has 0 bridgehead atoms. The van der Waals surface area contributed by atoms with Gasteiger partial charge >= 0.3 is 6.11 Å². The van der Waals surface area contributed by atoms with Gasteiger partial charge in [0.2, 0.25) is 0 Å². The molecule has 0 N–H and O–H groups in total. The fourth-order valence-electron chi connectivity index (χ4n) is 3.55. The number of rotatable bonds is 5. The molecule has 0 aliphatic carbocycles. The van der Waals surface area contributed by atoms with Crippen molar-refractivity contribution in [2.24, 2.45) is 0 Å². The van der Waals surface area contributed by atoms with Gasteiger partial charge in [-0.05, 0) is 47.9 Å². The van der Waals surface area contributed by atoms with Crippen LogP contribution in [0.3, 0.4) is 0 Å². The Morgan fingerprint density at radius 2 is 1.03 bits per heavy atom. The fraction of sp³-hybridized carbons (Fsp3) is 0.0769. The van der Waals surface area contributed by atoms with E-state index in [1.807, 2.05) is 6.92 Å². The van der Waals surface area contributed by atoms with E-state index in [-0.39, 0.29) is 29.8 Å². The van der Waals surface area contributed by atoms with Crippen LogP contribution in [0.15, 0.2) is 60.7 Å². The molecule has 186 valence electrons. The molecule has 0 saturated carbocycles. The number of hydrogen-bond acceptors (Lipinski definition) is 1. The van der Waals surface area contributed by atoms with Crippen molar-refractivity contribution in [1.29, 1.82) is 0 Å². The zero-order chi connectivity index (χ0) is 26.4. The second kappa shape index (κ2) is 9.25. The Bertz CT molecular complexity index is 1390. The Morgan fingerprint density at radius 3 is 1.53 bits per heavy atom. The van der Waals surface area contributed by atoms with Crippen molar-refractivity contribution in [3.63, 3.8) is 0 Å². The summed E-state index contributed by atoms with van der Waals surface area (Å²) in [4.78, 5) is 0. The van der Waals surface area contributed by atoms with Crippen LogP contribution in [0.4, 0.5) is 39.5 Å². The van der Waals surface area contributed by atoms with Crippen LogP contribution in [0.5, 0.6) is 5.75 Å². The molecule has 0 aliphatic rings. The lowest BCUT2D eigenvalue weighted by Gasteiger charge is -2.20. The Balaban J connectivity index is 1.72. The van der Waals surface area contributed by atoms with Crippen LogP contribution >= 0.6 is 0 Å². The summed E-state index contributed by atoms with van der Waals surface area (Å²) in [7, 11) is 0. The summed E-state index contributed by atoms with van der Waals surface area (Å²) in [6.45, 7) is 1.81. The van der Waals surface area contributed by atoms with Gasteiger partial charge in [-0.1, -0.05) is 29.8 Å². The highest BCUT2D eigenvalue weighted by molar-refractivity contribution is 5.72. The van der Waals surface area contributed by atoms with Crippen molar-refractivity contribution in [3.05, 3.63) is 113 Å². The molecule has 10 heteroatoms. The number of aryl methyl sites for hydroxylation is 1. The summed E-state index contributed by atoms with van der Waals surface area (Å²) in [5, 5.41) is 0. The number of hydrogen-bond donors (Lipinski definition) is 0. The molecular formula is C26H13F9O. The van der Waals surface area contributed by atoms with Crippen molar-refractivity contribution in [1.82, 2.24) is 0 Å². The van der Waals surface area contributed by atoms with Crippen molar-refractivity contribution >= 4 is 0 Å². The lowest BCUT2D eigenvalue weighted by Crippen LogP contribution is -2.25. The molecule has 4 rings (SSSR count). The molecular weight excluding hydrogens is 499 g/mol. The molecule has 0 atom stereocenters. The lowest BCUT2D eigenvalue weighted by molar-refractivity contribution is -0.189. The van der Waals surface area contributed by atoms with Crippen LogP contribution in [0, 0.1) is 47.6 Å². The van der Waals surface area contributed by atoms with Gasteiger partial charge in [-0.3, -0.25) is 0 Å². The van der Waals surface area contributed by atoms with Crippen molar-refractivity contribution < 1.29 is 44.3 Å². The molecule has 4 aromatic carbocycles. The van der Waals surface area contributed by atoms with Gasteiger partial charge in [0.15, 0.2) is 17.5 Å². The third kappa shape index (κ3) is 4.75. The highest BCUT2D eigenvalue weighted by Gasteiger charge is 2.41. The first-order chi connectivity index (χ1) is 16.9. The molecule has 36 heavy (non-hydrogen) atoms. The predicted octanol–water partition coefficient (Wildman–Crippen LogP) is 8.43. The molecule has 0 saturated heterocycles. The van der Waals surface area contributed by atoms with E-state index in [0.717, 1.165) is 17.7 Å². The number of ether oxygens (including phenoxy) is 1. The zero-order valence-electron chi connectivity index (χ0n) is 18.1. The Hall–Kier alpha value is -3.95. The molecule has 0 amide bonds. The van der Waals surface area contributed by atoms with Crippen LogP contribution in [-0.2, 0) is 6.11 Å². The largest absolute Gasteiger partial charge is 0.432 e. The molecule has 0 aromatic heterocycles. The zero-order valence-corrected chi connectivity index (χ0v) is 18.1. The summed E-state index contributed by atoms with van der Waals surface area (Å²) in [6, 6.07) is 9.09. The van der Waals surface area contributed by atoms with Gasteiger partial charge in [0, 0.05) is 12.1 Å². The minimum atomic E-state index is -4.84. The molecule has 0 spiro atoms. The second-order valence-corrected chi connectivity index (χ2v) is 7.82. The first-order valence-electron chi connectivity index (χ1n) is 10.1. The first-order valence-corrected chi connectivity index (χ1v) is 10.1. The van der Waals surface area contributed by atoms with Gasteiger partial charge in [0.1, 0.15) is 34.6 Å². The monoisotopic (exact) mass is 512 g/mol. The molecule has 0 radical (unpaired) electrons. The maximum atomic E-state index is 14.8. The fourth-order valence-corrected chi connectivity index (χ4v) is 3.55. The van der Waals surface area contributed by atoms with E-state index in [1.165, 1.54) is 0 Å². The average molecular weight is 512 g/mol. The Morgan fingerprint density at radius 1 is 0.556 bits per heavy atom. The first kappa shape index (κ1) is 25.2. The van der Waals surface area contributed by atoms with Crippen LogP contribution in [0.25, 0.3) is 22.3 Å². The third-order valence-electron chi connectivity index (χ3n) is 5.25. The summed E-state index contributed by atoms with van der Waals surface area (Å²) in [6.07, 6.45) is -4.84. The maximum Gasteiger partial charge on any atom is 0.432 e. The molecule has 0 unspecified atom stereocenters. The van der Waals surface area contributed by atoms with Gasteiger partial charge in [-0.25, -0.2) is 30.7 Å². The van der Waals surface area contributed by atoms with Gasteiger partial charge in [-0.2, -0.15) is 8.78 Å². The van der Waals surface area contributed by atoms with Crippen molar-refractivity contribution in [3.8, 4) is 28.0 Å². The maximum absolute atomic E-state index is 14.8. The van der Waals surface area contributed by atoms with Gasteiger partial charge in [-0.15, -0.1) is 0 Å². The molecule has 4 aromatic rings. The second-order valence-electron chi connectivity index (χ2n) is 7.82. The summed E-state index contributed by atoms with van der Waals surface area (Å²) in [5.74, 6) is -13.3. The topological polar surface area (TPSA) is 9.23 Å². The highest BCUT2D eigenvalue weighted by Crippen LogP contribution is 2.39. The van der Waals surface area contributed by atoms with Gasteiger partial charge in [0.05, 0.1) is 5.56 Å². The van der Waals surface area contributed by atoms with Crippen LogP contribution in [0.2, 0.25) is 0 Å². The average Bonchev–Trinajstić information content (AvgIpc) is 2.76. The number of halogens is 9. The van der Waals surface area contributed by atoms with Crippen molar-refractivity contribution in [2.75, 3.05) is 0 Å². The van der Waals surface area contributed by atoms with Crippen LogP contribution in [-0.4, -0.2) is 0 Å². The molecule has 0 fully saturated rings. The lowest BCUT2D eigenvalue weighted by atomic mass is 9.97. The van der Waals surface area contributed by atoms with Gasteiger partial charge in [0.25, 0.3) is 0 Å². The predicted molar refractivity (Wildman–Crippen MR) is 113 cm³/mol. The minimum Gasteiger partial charge on any atom is -0.429 e. The SMILES string of the molecule is Cc1ccc(-c2cc(F)c(-c3cc(F)c(C(F)(F)Oc4cc(F)c(F)c(F)c4)c(F)c3)c(F)c2)cc1. The Kier molecular flexibility index (Phi) is 6.46. The van der Waals surface area contributed by atoms with Crippen LogP contribution in [0.1, 0.15) is 11.1 Å². The van der Waals surface area contributed by atoms with Crippen molar-refractivity contribution in [2.45, 2.75) is 13.0 Å². The standard InChI is InChI=1S/C26H13F9O/c1-12-2-4-13(5-3-12)14-6-17(27)23(18(28)7-14)15-8-19(29)24(20(30)9-15)26(34,35)36-16-10-21(31)25(33)22(32)11-16/h2-11H,1H3. The molecule has 1 nitrogen and oxygen atoms in total. The van der Waals surface area contributed by atoms with Gasteiger partial charge < -0.3 is 4.74 Å². The number of alkyl halides is 2. The molecule has 0 heterocycles. The Labute approximate surface area is 198 Å². The third-order valence-corrected chi connectivity index (χ3v) is 5.25. The minimum absolute atomic E-state index is 0.0524. The van der Waals surface area contributed by atoms with E-state index in [0.29, 0.717) is 5.56 Å². The van der Waals surface area contributed by atoms with E-state index >= 15 is 0 Å². The summed E-state index contributed by atoms with van der Waals surface area (Å²) < 4.78 is 131. The molecule has 0 aliphatic heterocycles. The summed E-state index contributed by atoms with van der Waals surface area (Å²) in [5.41, 5.74) is -2.10. The summed E-state index contributed by atoms with van der Waals surface area (Å²) >= 11 is 0. The van der Waals surface area contributed by atoms with E-state index in [2.05, 4.69) is 4.74 Å². The van der Waals surface area contributed by atoms with E-state index < -0.39 is 69.3 Å². The van der Waals surface area contributed by atoms with E-state index in [4.69, 9.17) is 0 Å².